The van der Waals surface area contributed by atoms with Crippen molar-refractivity contribution in [2.45, 2.75) is 19.9 Å². The SMILES string of the molecule is COC(=O)c1ccc2nc(-c3ccnc(F)c3)c(N(C)C(C)C)cc2c1. The maximum atomic E-state index is 13.6. The second kappa shape index (κ2) is 7.07. The maximum absolute atomic E-state index is 13.6. The summed E-state index contributed by atoms with van der Waals surface area (Å²) in [6, 6.07) is 10.5. The molecular formula is C20H20FN3O2. The van der Waals surface area contributed by atoms with E-state index in [2.05, 4.69) is 23.7 Å². The number of carbonyl (C=O) groups is 1. The molecule has 0 fully saturated rings. The molecule has 0 saturated carbocycles. The normalized spacial score (nSPS) is 11.0. The van der Waals surface area contributed by atoms with Crippen LogP contribution >= 0.6 is 0 Å². The highest BCUT2D eigenvalue weighted by atomic mass is 19.1. The fraction of sp³-hybridized carbons (Fsp3) is 0.250. The van der Waals surface area contributed by atoms with E-state index in [1.165, 1.54) is 19.4 Å². The Labute approximate surface area is 151 Å². The van der Waals surface area contributed by atoms with Gasteiger partial charge in [-0.15, -0.1) is 0 Å². The van der Waals surface area contributed by atoms with Crippen molar-refractivity contribution in [2.24, 2.45) is 0 Å². The van der Waals surface area contributed by atoms with Crippen molar-refractivity contribution in [2.75, 3.05) is 19.1 Å². The van der Waals surface area contributed by atoms with Crippen LogP contribution in [0.1, 0.15) is 24.2 Å². The van der Waals surface area contributed by atoms with Crippen LogP contribution in [0, 0.1) is 5.95 Å². The van der Waals surface area contributed by atoms with E-state index >= 15 is 0 Å². The second-order valence-electron chi connectivity index (χ2n) is 6.33. The summed E-state index contributed by atoms with van der Waals surface area (Å²) >= 11 is 0. The molecule has 26 heavy (non-hydrogen) atoms. The molecule has 2 heterocycles. The van der Waals surface area contributed by atoms with E-state index < -0.39 is 11.9 Å². The first-order valence-corrected chi connectivity index (χ1v) is 8.28. The molecule has 0 aliphatic rings. The standard InChI is InChI=1S/C20H20FN3O2/c1-12(2)24(3)17-10-15-9-14(20(25)26-4)5-6-16(15)23-19(17)13-7-8-22-18(21)11-13/h5-12H,1-4H3. The van der Waals surface area contributed by atoms with Crippen molar-refractivity contribution >= 4 is 22.6 Å². The van der Waals surface area contributed by atoms with Crippen molar-refractivity contribution in [1.29, 1.82) is 0 Å². The van der Waals surface area contributed by atoms with E-state index in [1.54, 1.807) is 24.3 Å². The fourth-order valence-electron chi connectivity index (χ4n) is 2.72. The van der Waals surface area contributed by atoms with Gasteiger partial charge in [-0.2, -0.15) is 4.39 Å². The minimum absolute atomic E-state index is 0.212. The van der Waals surface area contributed by atoms with Crippen LogP contribution in [0.25, 0.3) is 22.2 Å². The number of anilines is 1. The van der Waals surface area contributed by atoms with Crippen molar-refractivity contribution in [3.63, 3.8) is 0 Å². The lowest BCUT2D eigenvalue weighted by Gasteiger charge is -2.26. The number of rotatable bonds is 4. The molecule has 0 N–H and O–H groups in total. The van der Waals surface area contributed by atoms with Gasteiger partial charge in [0.25, 0.3) is 0 Å². The predicted molar refractivity (Wildman–Crippen MR) is 99.8 cm³/mol. The number of hydrogen-bond acceptors (Lipinski definition) is 5. The zero-order valence-corrected chi connectivity index (χ0v) is 15.2. The van der Waals surface area contributed by atoms with E-state index in [-0.39, 0.29) is 6.04 Å². The molecule has 1 aromatic carbocycles. The van der Waals surface area contributed by atoms with Gasteiger partial charge in [0.15, 0.2) is 0 Å². The molecule has 5 nitrogen and oxygen atoms in total. The highest BCUT2D eigenvalue weighted by molar-refractivity contribution is 5.96. The van der Waals surface area contributed by atoms with Crippen LogP contribution in [0.3, 0.4) is 0 Å². The van der Waals surface area contributed by atoms with Gasteiger partial charge in [0.1, 0.15) is 0 Å². The van der Waals surface area contributed by atoms with E-state index in [0.717, 1.165) is 11.1 Å². The molecule has 0 unspecified atom stereocenters. The number of nitrogens with zero attached hydrogens (tertiary/aromatic N) is 3. The molecule has 134 valence electrons. The lowest BCUT2D eigenvalue weighted by molar-refractivity contribution is 0.0601. The molecule has 6 heteroatoms. The average molecular weight is 353 g/mol. The summed E-state index contributed by atoms with van der Waals surface area (Å²) in [5.41, 5.74) is 3.34. The molecule has 0 amide bonds. The first-order chi connectivity index (χ1) is 12.4. The van der Waals surface area contributed by atoms with E-state index in [1.807, 2.05) is 13.1 Å². The Bertz CT molecular complexity index is 972. The van der Waals surface area contributed by atoms with Gasteiger partial charge in [-0.05, 0) is 44.2 Å². The van der Waals surface area contributed by atoms with E-state index in [0.29, 0.717) is 22.3 Å². The number of aromatic nitrogens is 2. The van der Waals surface area contributed by atoms with Gasteiger partial charge in [-0.25, -0.2) is 14.8 Å². The van der Waals surface area contributed by atoms with Crippen LogP contribution in [0.15, 0.2) is 42.6 Å². The number of methoxy groups -OCH3 is 1. The first kappa shape index (κ1) is 17.8. The number of pyridine rings is 2. The summed E-state index contributed by atoms with van der Waals surface area (Å²) in [5, 5.41) is 0.814. The molecule has 0 aliphatic carbocycles. The predicted octanol–water partition coefficient (Wildman–Crippen LogP) is 4.07. The number of esters is 1. The second-order valence-corrected chi connectivity index (χ2v) is 6.33. The van der Waals surface area contributed by atoms with Crippen LogP contribution in [0.2, 0.25) is 0 Å². The summed E-state index contributed by atoms with van der Waals surface area (Å²) in [7, 11) is 3.31. The minimum Gasteiger partial charge on any atom is -0.465 e. The number of ether oxygens (including phenoxy) is 1. The Morgan fingerprint density at radius 2 is 1.96 bits per heavy atom. The number of hydrogen-bond donors (Lipinski definition) is 0. The Hall–Kier alpha value is -3.02. The van der Waals surface area contributed by atoms with Gasteiger partial charge in [0, 0.05) is 36.3 Å². The first-order valence-electron chi connectivity index (χ1n) is 8.28. The summed E-state index contributed by atoms with van der Waals surface area (Å²) in [6.07, 6.45) is 1.43. The van der Waals surface area contributed by atoms with Gasteiger partial charge in [-0.3, -0.25) is 0 Å². The largest absolute Gasteiger partial charge is 0.465 e. The van der Waals surface area contributed by atoms with Crippen molar-refractivity contribution < 1.29 is 13.9 Å². The van der Waals surface area contributed by atoms with E-state index in [4.69, 9.17) is 9.72 Å². The van der Waals surface area contributed by atoms with Crippen molar-refractivity contribution in [3.05, 3.63) is 54.1 Å². The third-order valence-electron chi connectivity index (χ3n) is 4.37. The van der Waals surface area contributed by atoms with E-state index in [9.17, 15) is 9.18 Å². The molecule has 0 spiro atoms. The maximum Gasteiger partial charge on any atom is 0.337 e. The molecule has 0 saturated heterocycles. The molecule has 0 radical (unpaired) electrons. The molecule has 3 aromatic rings. The quantitative estimate of drug-likeness (QED) is 0.523. The van der Waals surface area contributed by atoms with Crippen LogP contribution in [0.5, 0.6) is 0 Å². The Morgan fingerprint density at radius 1 is 1.19 bits per heavy atom. The highest BCUT2D eigenvalue weighted by Crippen LogP contribution is 2.33. The molecule has 0 aliphatic heterocycles. The van der Waals surface area contributed by atoms with Crippen LogP contribution < -0.4 is 4.90 Å². The van der Waals surface area contributed by atoms with Crippen molar-refractivity contribution in [1.82, 2.24) is 9.97 Å². The van der Waals surface area contributed by atoms with Crippen LogP contribution in [-0.2, 0) is 4.74 Å². The minimum atomic E-state index is -0.552. The summed E-state index contributed by atoms with van der Waals surface area (Å²) in [4.78, 5) is 22.2. The molecule has 0 bridgehead atoms. The third kappa shape index (κ3) is 3.35. The molecule has 3 rings (SSSR count). The van der Waals surface area contributed by atoms with Gasteiger partial charge >= 0.3 is 5.97 Å². The lowest BCUT2D eigenvalue weighted by atomic mass is 10.0. The molecule has 2 aromatic heterocycles. The monoisotopic (exact) mass is 353 g/mol. The fourth-order valence-corrected chi connectivity index (χ4v) is 2.72. The zero-order valence-electron chi connectivity index (χ0n) is 15.2. The van der Waals surface area contributed by atoms with Crippen molar-refractivity contribution in [3.8, 4) is 11.3 Å². The number of carbonyl (C=O) groups excluding carboxylic acids is 1. The Morgan fingerprint density at radius 3 is 2.62 bits per heavy atom. The number of benzene rings is 1. The average Bonchev–Trinajstić information content (AvgIpc) is 2.65. The summed E-state index contributed by atoms with van der Waals surface area (Å²) in [6.45, 7) is 4.12. The third-order valence-corrected chi connectivity index (χ3v) is 4.37. The molecular weight excluding hydrogens is 333 g/mol. The Balaban J connectivity index is 2.25. The van der Waals surface area contributed by atoms with Crippen LogP contribution in [0.4, 0.5) is 10.1 Å². The zero-order chi connectivity index (χ0) is 18.8. The summed E-state index contributed by atoms with van der Waals surface area (Å²) in [5.74, 6) is -0.950. The van der Waals surface area contributed by atoms with Crippen LogP contribution in [-0.4, -0.2) is 36.1 Å². The summed E-state index contributed by atoms with van der Waals surface area (Å²) < 4.78 is 18.4. The van der Waals surface area contributed by atoms with Gasteiger partial charge < -0.3 is 9.64 Å². The topological polar surface area (TPSA) is 55.3 Å². The number of fused-ring (bicyclic) bond motifs is 1. The van der Waals surface area contributed by atoms with Gasteiger partial charge in [-0.1, -0.05) is 0 Å². The number of halogens is 1. The van der Waals surface area contributed by atoms with Gasteiger partial charge in [0.2, 0.25) is 5.95 Å². The smallest absolute Gasteiger partial charge is 0.337 e. The molecule has 0 atom stereocenters. The Kier molecular flexibility index (Phi) is 4.84. The van der Waals surface area contributed by atoms with Gasteiger partial charge in [0.05, 0.1) is 29.6 Å². The highest BCUT2D eigenvalue weighted by Gasteiger charge is 2.17. The lowest BCUT2D eigenvalue weighted by Crippen LogP contribution is -2.26.